The average Bonchev–Trinajstić information content (AvgIpc) is 2.35. The summed E-state index contributed by atoms with van der Waals surface area (Å²) in [5.41, 5.74) is 0. The van der Waals surface area contributed by atoms with Crippen LogP contribution in [0.5, 0.6) is 0 Å². The summed E-state index contributed by atoms with van der Waals surface area (Å²) in [5, 5.41) is 0. The van der Waals surface area contributed by atoms with Crippen LogP contribution in [0.3, 0.4) is 0 Å². The van der Waals surface area contributed by atoms with Crippen molar-refractivity contribution in [1.29, 1.82) is 0 Å². The van der Waals surface area contributed by atoms with E-state index in [0.717, 1.165) is 0 Å². The van der Waals surface area contributed by atoms with Gasteiger partial charge in [0.05, 0.1) is 0 Å². The van der Waals surface area contributed by atoms with Gasteiger partial charge >= 0.3 is 0 Å². The Morgan fingerprint density at radius 2 is 0.867 bits per heavy atom. The molecule has 5 heteroatoms. The van der Waals surface area contributed by atoms with Gasteiger partial charge in [0.25, 0.3) is 8.14 Å². The molecule has 0 aliphatic rings. The fourth-order valence-corrected chi connectivity index (χ4v) is 0.625. The van der Waals surface area contributed by atoms with Gasteiger partial charge in [-0.1, -0.05) is 12.1 Å². The first kappa shape index (κ1) is 14.1. The topological polar surface area (TPSA) is 25.8 Å². The first-order valence-corrected chi connectivity index (χ1v) is 7.10. The van der Waals surface area contributed by atoms with Crippen molar-refractivity contribution in [2.75, 3.05) is 0 Å². The van der Waals surface area contributed by atoms with E-state index in [-0.39, 0.29) is 8.14 Å². The van der Waals surface area contributed by atoms with Crippen LogP contribution in [0, 0.1) is 0 Å². The van der Waals surface area contributed by atoms with Crippen LogP contribution in [0.15, 0.2) is 61.2 Å². The summed E-state index contributed by atoms with van der Waals surface area (Å²) in [6, 6.07) is 11.4. The Balaban J connectivity index is 0.000000210. The van der Waals surface area contributed by atoms with Gasteiger partial charge in [-0.2, -0.15) is 0 Å². The minimum atomic E-state index is 0.0278. The molecule has 0 atom stereocenters. The lowest BCUT2D eigenvalue weighted by Crippen LogP contribution is -1.58. The normalized spacial score (nSPS) is 7.60. The molecule has 78 valence electrons. The standard InChI is InChI=1S/2C5H5N.Cl2Si/c2*1-2-4-6-5-3-1;1-3-2/h2*1-5H;. The molecule has 0 unspecified atom stereocenters. The van der Waals surface area contributed by atoms with E-state index in [4.69, 9.17) is 22.2 Å². The first-order chi connectivity index (χ1) is 7.41. The highest BCUT2D eigenvalue weighted by atomic mass is 35.7. The largest absolute Gasteiger partial charge is 0.295 e. The SMILES string of the molecule is Cl[Si]Cl.c1ccncc1.c1ccncc1. The second-order valence-corrected chi connectivity index (χ2v) is 3.98. The van der Waals surface area contributed by atoms with E-state index < -0.39 is 0 Å². The summed E-state index contributed by atoms with van der Waals surface area (Å²) in [4.78, 5) is 7.57. The second-order valence-electron chi connectivity index (χ2n) is 2.12. The number of rotatable bonds is 0. The molecule has 2 radical (unpaired) electrons. The molecular weight excluding hydrogens is 247 g/mol. The lowest BCUT2D eigenvalue weighted by Gasteiger charge is -1.70. The third-order valence-electron chi connectivity index (χ3n) is 1.13. The van der Waals surface area contributed by atoms with Crippen LogP contribution in [0.2, 0.25) is 0 Å². The molecule has 0 fully saturated rings. The monoisotopic (exact) mass is 256 g/mol. The minimum absolute atomic E-state index is 0.0278. The van der Waals surface area contributed by atoms with Gasteiger partial charge in [0, 0.05) is 24.8 Å². The van der Waals surface area contributed by atoms with Crippen LogP contribution < -0.4 is 0 Å². The lowest BCUT2D eigenvalue weighted by atomic mass is 10.5. The van der Waals surface area contributed by atoms with Gasteiger partial charge in [0.15, 0.2) is 0 Å². The smallest absolute Gasteiger partial charge is 0.265 e. The summed E-state index contributed by atoms with van der Waals surface area (Å²) in [7, 11) is 0.0278. The highest BCUT2D eigenvalue weighted by Gasteiger charge is 1.59. The lowest BCUT2D eigenvalue weighted by molar-refractivity contribution is 1.33. The molecule has 0 aliphatic heterocycles. The van der Waals surface area contributed by atoms with Crippen molar-refractivity contribution in [3.8, 4) is 0 Å². The number of aromatic nitrogens is 2. The molecule has 0 spiro atoms. The molecule has 0 amide bonds. The molecule has 15 heavy (non-hydrogen) atoms. The van der Waals surface area contributed by atoms with E-state index in [0.29, 0.717) is 0 Å². The van der Waals surface area contributed by atoms with Gasteiger partial charge in [-0.3, -0.25) is 9.97 Å². The van der Waals surface area contributed by atoms with Gasteiger partial charge < -0.3 is 0 Å². The number of pyridine rings is 2. The van der Waals surface area contributed by atoms with Crippen molar-refractivity contribution in [2.24, 2.45) is 0 Å². The third kappa shape index (κ3) is 13.1. The van der Waals surface area contributed by atoms with Gasteiger partial charge in [-0.05, 0) is 24.3 Å². The van der Waals surface area contributed by atoms with Crippen LogP contribution in [0.4, 0.5) is 0 Å². The van der Waals surface area contributed by atoms with E-state index in [9.17, 15) is 0 Å². The average molecular weight is 257 g/mol. The Morgan fingerprint density at radius 3 is 0.933 bits per heavy atom. The van der Waals surface area contributed by atoms with Gasteiger partial charge in [0.2, 0.25) is 0 Å². The Hall–Kier alpha value is -0.903. The van der Waals surface area contributed by atoms with Crippen molar-refractivity contribution < 1.29 is 0 Å². The summed E-state index contributed by atoms with van der Waals surface area (Å²) >= 11 is 9.58. The molecular formula is C10H10Cl2N2Si. The molecule has 0 bridgehead atoms. The molecule has 2 aromatic heterocycles. The molecule has 0 N–H and O–H groups in total. The predicted molar refractivity (Wildman–Crippen MR) is 65.9 cm³/mol. The summed E-state index contributed by atoms with van der Waals surface area (Å²) in [5.74, 6) is 0. The molecule has 0 saturated heterocycles. The number of hydrogen-bond acceptors (Lipinski definition) is 2. The molecule has 0 saturated carbocycles. The maximum absolute atomic E-state index is 4.79. The number of hydrogen-bond donors (Lipinski definition) is 0. The van der Waals surface area contributed by atoms with Crippen molar-refractivity contribution >= 4 is 30.3 Å². The van der Waals surface area contributed by atoms with Crippen molar-refractivity contribution in [1.82, 2.24) is 9.97 Å². The van der Waals surface area contributed by atoms with Crippen molar-refractivity contribution in [3.63, 3.8) is 0 Å². The predicted octanol–water partition coefficient (Wildman–Crippen LogP) is 3.16. The molecule has 2 rings (SSSR count). The molecule has 0 aromatic carbocycles. The minimum Gasteiger partial charge on any atom is -0.265 e. The number of halogens is 2. The Kier molecular flexibility index (Phi) is 12.3. The third-order valence-corrected chi connectivity index (χ3v) is 1.13. The summed E-state index contributed by atoms with van der Waals surface area (Å²) in [6.07, 6.45) is 7.00. The van der Waals surface area contributed by atoms with Crippen LogP contribution in [0.1, 0.15) is 0 Å². The van der Waals surface area contributed by atoms with E-state index in [1.807, 2.05) is 36.4 Å². The van der Waals surface area contributed by atoms with E-state index in [2.05, 4.69) is 9.97 Å². The Labute approximate surface area is 102 Å². The fraction of sp³-hybridized carbons (Fsp3) is 0. The Morgan fingerprint density at radius 1 is 0.600 bits per heavy atom. The van der Waals surface area contributed by atoms with Gasteiger partial charge in [-0.15, -0.1) is 22.2 Å². The van der Waals surface area contributed by atoms with E-state index in [1.54, 1.807) is 24.8 Å². The zero-order chi connectivity index (χ0) is 11.2. The first-order valence-electron chi connectivity index (χ1n) is 4.08. The zero-order valence-electron chi connectivity index (χ0n) is 7.92. The van der Waals surface area contributed by atoms with Crippen LogP contribution in [0.25, 0.3) is 0 Å². The van der Waals surface area contributed by atoms with E-state index in [1.165, 1.54) is 0 Å². The summed E-state index contributed by atoms with van der Waals surface area (Å²) in [6.45, 7) is 0. The van der Waals surface area contributed by atoms with Crippen LogP contribution in [-0.2, 0) is 0 Å². The van der Waals surface area contributed by atoms with Gasteiger partial charge in [0.1, 0.15) is 0 Å². The fourth-order valence-electron chi connectivity index (χ4n) is 0.625. The zero-order valence-corrected chi connectivity index (χ0v) is 10.4. The van der Waals surface area contributed by atoms with Gasteiger partial charge in [-0.25, -0.2) is 0 Å². The second kappa shape index (κ2) is 13.1. The van der Waals surface area contributed by atoms with Crippen LogP contribution in [-0.4, -0.2) is 18.1 Å². The van der Waals surface area contributed by atoms with Crippen molar-refractivity contribution in [3.05, 3.63) is 61.2 Å². The quantitative estimate of drug-likeness (QED) is 0.535. The highest BCUT2D eigenvalue weighted by Crippen LogP contribution is 1.74. The maximum atomic E-state index is 4.79. The molecule has 2 heterocycles. The van der Waals surface area contributed by atoms with Crippen molar-refractivity contribution in [2.45, 2.75) is 0 Å². The van der Waals surface area contributed by atoms with Crippen LogP contribution >= 0.6 is 22.2 Å². The molecule has 2 aromatic rings. The maximum Gasteiger partial charge on any atom is 0.295 e. The summed E-state index contributed by atoms with van der Waals surface area (Å²) < 4.78 is 0. The van der Waals surface area contributed by atoms with E-state index >= 15 is 0 Å². The molecule has 0 aliphatic carbocycles. The highest BCUT2D eigenvalue weighted by molar-refractivity contribution is 7.22. The Bertz CT molecular complexity index is 210. The molecule has 2 nitrogen and oxygen atoms in total. The number of nitrogens with zero attached hydrogens (tertiary/aromatic N) is 2.